The zero-order chi connectivity index (χ0) is 14.4. The second-order valence-corrected chi connectivity index (χ2v) is 7.16. The molecule has 0 aliphatic heterocycles. The molecule has 2 rings (SSSR count). The highest BCUT2D eigenvalue weighted by Gasteiger charge is 2.35. The number of carbonyl (C=O) groups excluding carboxylic acids is 1. The Kier molecular flexibility index (Phi) is 7.57. The summed E-state index contributed by atoms with van der Waals surface area (Å²) in [5, 5.41) is 3.06. The van der Waals surface area contributed by atoms with E-state index in [0.717, 1.165) is 6.54 Å². The molecule has 1 fully saturated rings. The Balaban J connectivity index is 0.00000220. The van der Waals surface area contributed by atoms with Crippen molar-refractivity contribution >= 4 is 30.1 Å². The van der Waals surface area contributed by atoms with Crippen LogP contribution >= 0.6 is 24.2 Å². The average Bonchev–Trinajstić information content (AvgIpc) is 2.89. The molecular formula is C16H25ClN2OS. The topological polar surface area (TPSA) is 55.1 Å². The fourth-order valence-corrected chi connectivity index (χ4v) is 4.08. The van der Waals surface area contributed by atoms with Crippen molar-refractivity contribution in [2.45, 2.75) is 48.7 Å². The lowest BCUT2D eigenvalue weighted by Crippen LogP contribution is -2.39. The number of aryl methyl sites for hydroxylation is 1. The van der Waals surface area contributed by atoms with Crippen LogP contribution in [0.25, 0.3) is 0 Å². The van der Waals surface area contributed by atoms with Crippen LogP contribution in [0.5, 0.6) is 0 Å². The minimum Gasteiger partial charge on any atom is -0.355 e. The molecule has 0 saturated heterocycles. The lowest BCUT2D eigenvalue weighted by atomic mass is 10.1. The van der Waals surface area contributed by atoms with Gasteiger partial charge in [-0.2, -0.15) is 0 Å². The van der Waals surface area contributed by atoms with Gasteiger partial charge in [0.15, 0.2) is 0 Å². The minimum atomic E-state index is 0. The van der Waals surface area contributed by atoms with E-state index in [1.54, 1.807) is 0 Å². The first kappa shape index (κ1) is 18.3. The smallest absolute Gasteiger partial charge is 0.221 e. The number of nitrogens with one attached hydrogen (secondary N) is 1. The highest BCUT2D eigenvalue weighted by atomic mass is 35.5. The van der Waals surface area contributed by atoms with Crippen LogP contribution in [-0.2, 0) is 4.79 Å². The molecule has 1 saturated carbocycles. The Hall–Kier alpha value is -0.710. The Labute approximate surface area is 137 Å². The third-order valence-corrected chi connectivity index (χ3v) is 5.34. The van der Waals surface area contributed by atoms with Crippen LogP contribution in [0.1, 0.15) is 37.7 Å². The second-order valence-electron chi connectivity index (χ2n) is 5.62. The zero-order valence-electron chi connectivity index (χ0n) is 12.6. The number of hydrogen-bond acceptors (Lipinski definition) is 3. The summed E-state index contributed by atoms with van der Waals surface area (Å²) in [6.07, 6.45) is 5.28. The van der Waals surface area contributed by atoms with Crippen molar-refractivity contribution in [3.05, 3.63) is 29.8 Å². The Morgan fingerprint density at radius 2 is 1.90 bits per heavy atom. The first-order chi connectivity index (χ1) is 9.63. The van der Waals surface area contributed by atoms with Gasteiger partial charge in [0, 0.05) is 29.2 Å². The van der Waals surface area contributed by atoms with E-state index in [1.165, 1.54) is 36.1 Å². The molecule has 5 heteroatoms. The molecule has 0 heterocycles. The first-order valence-corrected chi connectivity index (χ1v) is 8.18. The van der Waals surface area contributed by atoms with Gasteiger partial charge in [-0.25, -0.2) is 0 Å². The van der Waals surface area contributed by atoms with E-state index in [4.69, 9.17) is 5.73 Å². The molecule has 1 amide bonds. The molecule has 1 aromatic rings. The summed E-state index contributed by atoms with van der Waals surface area (Å²) in [4.78, 5) is 12.9. The molecule has 118 valence electrons. The van der Waals surface area contributed by atoms with Gasteiger partial charge in [0.25, 0.3) is 0 Å². The highest BCUT2D eigenvalue weighted by Crippen LogP contribution is 2.44. The van der Waals surface area contributed by atoms with Crippen molar-refractivity contribution in [3.8, 4) is 0 Å². The maximum absolute atomic E-state index is 11.6. The Morgan fingerprint density at radius 3 is 2.48 bits per heavy atom. The van der Waals surface area contributed by atoms with Crippen LogP contribution in [-0.4, -0.2) is 23.7 Å². The van der Waals surface area contributed by atoms with Crippen molar-refractivity contribution in [1.82, 2.24) is 5.32 Å². The number of hydrogen-bond donors (Lipinski definition) is 2. The number of halogens is 1. The fourth-order valence-electron chi connectivity index (χ4n) is 2.67. The number of thioether (sulfide) groups is 1. The normalized spacial score (nSPS) is 16.3. The molecule has 1 aliphatic rings. The van der Waals surface area contributed by atoms with Crippen molar-refractivity contribution < 1.29 is 4.79 Å². The van der Waals surface area contributed by atoms with E-state index in [2.05, 4.69) is 36.5 Å². The van der Waals surface area contributed by atoms with Crippen molar-refractivity contribution in [2.75, 3.05) is 13.1 Å². The van der Waals surface area contributed by atoms with E-state index in [-0.39, 0.29) is 23.1 Å². The van der Waals surface area contributed by atoms with Crippen LogP contribution < -0.4 is 11.1 Å². The highest BCUT2D eigenvalue weighted by molar-refractivity contribution is 8.00. The molecule has 0 atom stereocenters. The van der Waals surface area contributed by atoms with Gasteiger partial charge in [-0.15, -0.1) is 24.2 Å². The largest absolute Gasteiger partial charge is 0.355 e. The SMILES string of the molecule is Cc1ccc(SC2(CNC(=O)CCN)CCCC2)cc1.Cl. The molecule has 0 bridgehead atoms. The summed E-state index contributed by atoms with van der Waals surface area (Å²) < 4.78 is 0.166. The minimum absolute atomic E-state index is 0. The fraction of sp³-hybridized carbons (Fsp3) is 0.562. The number of rotatable bonds is 6. The number of nitrogens with two attached hydrogens (primary N) is 1. The Morgan fingerprint density at radius 1 is 1.29 bits per heavy atom. The number of carbonyl (C=O) groups is 1. The summed E-state index contributed by atoms with van der Waals surface area (Å²) in [7, 11) is 0. The third kappa shape index (κ3) is 5.53. The molecule has 3 nitrogen and oxygen atoms in total. The lowest BCUT2D eigenvalue weighted by Gasteiger charge is -2.28. The van der Waals surface area contributed by atoms with Gasteiger partial charge in [0.2, 0.25) is 5.91 Å². The standard InChI is InChI=1S/C16H24N2OS.ClH/c1-13-4-6-14(7-5-13)20-16(9-2-3-10-16)12-18-15(19)8-11-17;/h4-7H,2-3,8-12,17H2,1H3,(H,18,19);1H. The van der Waals surface area contributed by atoms with Crippen LogP contribution in [0.4, 0.5) is 0 Å². The first-order valence-electron chi connectivity index (χ1n) is 7.36. The van der Waals surface area contributed by atoms with E-state index < -0.39 is 0 Å². The average molecular weight is 329 g/mol. The maximum atomic E-state index is 11.6. The van der Waals surface area contributed by atoms with Gasteiger partial charge in [-0.1, -0.05) is 30.5 Å². The van der Waals surface area contributed by atoms with E-state index in [9.17, 15) is 4.79 Å². The summed E-state index contributed by atoms with van der Waals surface area (Å²) in [5.41, 5.74) is 6.70. The molecule has 0 spiro atoms. The van der Waals surface area contributed by atoms with Crippen molar-refractivity contribution in [3.63, 3.8) is 0 Å². The summed E-state index contributed by atoms with van der Waals surface area (Å²) >= 11 is 1.92. The molecule has 0 unspecified atom stereocenters. The number of amides is 1. The molecular weight excluding hydrogens is 304 g/mol. The molecule has 0 radical (unpaired) electrons. The monoisotopic (exact) mass is 328 g/mol. The van der Waals surface area contributed by atoms with E-state index in [0.29, 0.717) is 13.0 Å². The lowest BCUT2D eigenvalue weighted by molar-refractivity contribution is -0.121. The summed E-state index contributed by atoms with van der Waals surface area (Å²) in [6.45, 7) is 3.28. The van der Waals surface area contributed by atoms with Gasteiger partial charge in [-0.05, 0) is 31.9 Å². The predicted octanol–water partition coefficient (Wildman–Crippen LogP) is 3.29. The molecule has 1 aliphatic carbocycles. The van der Waals surface area contributed by atoms with Crippen LogP contribution in [0.2, 0.25) is 0 Å². The Bertz CT molecular complexity index is 444. The van der Waals surface area contributed by atoms with Gasteiger partial charge in [0.1, 0.15) is 0 Å². The molecule has 21 heavy (non-hydrogen) atoms. The summed E-state index contributed by atoms with van der Waals surface area (Å²) in [6, 6.07) is 8.67. The van der Waals surface area contributed by atoms with Gasteiger partial charge in [0.05, 0.1) is 0 Å². The summed E-state index contributed by atoms with van der Waals surface area (Å²) in [5.74, 6) is 0.0725. The van der Waals surface area contributed by atoms with Crippen LogP contribution in [0.3, 0.4) is 0 Å². The molecule has 0 aromatic heterocycles. The van der Waals surface area contributed by atoms with Crippen molar-refractivity contribution in [1.29, 1.82) is 0 Å². The number of benzene rings is 1. The van der Waals surface area contributed by atoms with Crippen LogP contribution in [0, 0.1) is 6.92 Å². The van der Waals surface area contributed by atoms with E-state index >= 15 is 0 Å². The maximum Gasteiger partial charge on any atom is 0.221 e. The van der Waals surface area contributed by atoms with Crippen LogP contribution in [0.15, 0.2) is 29.2 Å². The van der Waals surface area contributed by atoms with E-state index in [1.807, 2.05) is 11.8 Å². The third-order valence-electron chi connectivity index (χ3n) is 3.85. The quantitative estimate of drug-likeness (QED) is 0.842. The van der Waals surface area contributed by atoms with Gasteiger partial charge < -0.3 is 11.1 Å². The zero-order valence-corrected chi connectivity index (χ0v) is 14.2. The molecule has 3 N–H and O–H groups in total. The van der Waals surface area contributed by atoms with Gasteiger partial charge >= 0.3 is 0 Å². The van der Waals surface area contributed by atoms with Crippen molar-refractivity contribution in [2.24, 2.45) is 5.73 Å². The molecule has 1 aromatic carbocycles. The van der Waals surface area contributed by atoms with Gasteiger partial charge in [-0.3, -0.25) is 4.79 Å². The predicted molar refractivity (Wildman–Crippen MR) is 92.2 cm³/mol. The second kappa shape index (κ2) is 8.66.